The lowest BCUT2D eigenvalue weighted by Gasteiger charge is -2.19. The van der Waals surface area contributed by atoms with Gasteiger partial charge in [0.15, 0.2) is 0 Å². The van der Waals surface area contributed by atoms with E-state index in [1.54, 1.807) is 12.1 Å². The largest absolute Gasteiger partial charge is 0.496 e. The minimum absolute atomic E-state index is 0.222. The lowest BCUT2D eigenvalue weighted by atomic mass is 10.0. The van der Waals surface area contributed by atoms with Crippen LogP contribution >= 0.6 is 23.1 Å². The lowest BCUT2D eigenvalue weighted by Crippen LogP contribution is -2.18. The van der Waals surface area contributed by atoms with Gasteiger partial charge in [-0.3, -0.25) is 8.75 Å². The van der Waals surface area contributed by atoms with Crippen LogP contribution in [0.4, 0.5) is 0 Å². The second kappa shape index (κ2) is 8.53. The van der Waals surface area contributed by atoms with Crippen molar-refractivity contribution in [1.29, 1.82) is 0 Å². The van der Waals surface area contributed by atoms with Gasteiger partial charge in [-0.2, -0.15) is 4.99 Å². The normalized spacial score (nSPS) is 13.4. The fourth-order valence-corrected chi connectivity index (χ4v) is 3.96. The number of hydrogen-bond donors (Lipinski definition) is 1. The molecule has 5 nitrogen and oxygen atoms in total. The molecule has 1 unspecified atom stereocenters. The van der Waals surface area contributed by atoms with Crippen LogP contribution in [0.15, 0.2) is 59.7 Å². The van der Waals surface area contributed by atoms with E-state index in [1.807, 2.05) is 61.3 Å². The Balaban J connectivity index is 2.14. The number of rotatable bonds is 4. The lowest BCUT2D eigenvalue weighted by molar-refractivity contribution is 0.0995. The SMILES string of the molecule is COc1ccc(Cl)cc1C(=O)/N=c1\sn(C(C)(C)C)cc1C(O)c1ccccc1. The number of aromatic nitrogens is 1. The van der Waals surface area contributed by atoms with Gasteiger partial charge < -0.3 is 9.84 Å². The molecule has 0 fully saturated rings. The summed E-state index contributed by atoms with van der Waals surface area (Å²) in [6.07, 6.45) is 0.952. The highest BCUT2D eigenvalue weighted by atomic mass is 35.5. The Morgan fingerprint density at radius 1 is 1.21 bits per heavy atom. The topological polar surface area (TPSA) is 63.8 Å². The van der Waals surface area contributed by atoms with Gasteiger partial charge in [-0.25, -0.2) is 0 Å². The number of methoxy groups -OCH3 is 1. The third kappa shape index (κ3) is 4.78. The number of benzene rings is 2. The maximum Gasteiger partial charge on any atom is 0.282 e. The summed E-state index contributed by atoms with van der Waals surface area (Å²) < 4.78 is 7.70. The number of carbonyl (C=O) groups is 1. The Morgan fingerprint density at radius 2 is 1.90 bits per heavy atom. The Kier molecular flexibility index (Phi) is 6.27. The summed E-state index contributed by atoms with van der Waals surface area (Å²) in [6, 6.07) is 14.1. The van der Waals surface area contributed by atoms with E-state index in [2.05, 4.69) is 4.99 Å². The van der Waals surface area contributed by atoms with Gasteiger partial charge in [-0.05, 0) is 56.1 Å². The zero-order valence-corrected chi connectivity index (χ0v) is 18.3. The van der Waals surface area contributed by atoms with Crippen molar-refractivity contribution in [3.8, 4) is 5.75 Å². The fraction of sp³-hybridized carbons (Fsp3) is 0.273. The third-order valence-corrected chi connectivity index (χ3v) is 5.94. The summed E-state index contributed by atoms with van der Waals surface area (Å²) in [5.41, 5.74) is 1.36. The van der Waals surface area contributed by atoms with Gasteiger partial charge in [0, 0.05) is 22.3 Å². The number of nitrogens with zero attached hydrogens (tertiary/aromatic N) is 2. The van der Waals surface area contributed by atoms with Crippen LogP contribution in [0.2, 0.25) is 5.02 Å². The van der Waals surface area contributed by atoms with Crippen LogP contribution in [0.3, 0.4) is 0 Å². The average Bonchev–Trinajstić information content (AvgIpc) is 3.12. The van der Waals surface area contributed by atoms with Gasteiger partial charge in [0.05, 0.1) is 12.7 Å². The number of halogens is 1. The first-order valence-electron chi connectivity index (χ1n) is 9.09. The molecule has 0 saturated heterocycles. The molecule has 3 aromatic rings. The predicted molar refractivity (Wildman–Crippen MR) is 116 cm³/mol. The van der Waals surface area contributed by atoms with E-state index >= 15 is 0 Å². The molecule has 0 aliphatic rings. The van der Waals surface area contributed by atoms with Gasteiger partial charge in [-0.1, -0.05) is 41.9 Å². The van der Waals surface area contributed by atoms with E-state index in [9.17, 15) is 9.90 Å². The third-order valence-electron chi connectivity index (χ3n) is 4.35. The number of aliphatic hydroxyl groups excluding tert-OH is 1. The summed E-state index contributed by atoms with van der Waals surface area (Å²) >= 11 is 7.38. The van der Waals surface area contributed by atoms with Gasteiger partial charge in [0.25, 0.3) is 5.91 Å². The second-order valence-corrected chi connectivity index (χ2v) is 8.95. The minimum atomic E-state index is -0.899. The number of amides is 1. The van der Waals surface area contributed by atoms with Crippen molar-refractivity contribution in [3.63, 3.8) is 0 Å². The molecule has 0 aliphatic heterocycles. The number of ether oxygens (including phenoxy) is 1. The maximum absolute atomic E-state index is 12.9. The van der Waals surface area contributed by atoms with Gasteiger partial charge >= 0.3 is 0 Å². The van der Waals surface area contributed by atoms with E-state index in [4.69, 9.17) is 16.3 Å². The van der Waals surface area contributed by atoms with Crippen LogP contribution < -0.4 is 9.41 Å². The molecule has 0 radical (unpaired) electrons. The van der Waals surface area contributed by atoms with Crippen molar-refractivity contribution in [1.82, 2.24) is 3.96 Å². The molecule has 1 amide bonds. The summed E-state index contributed by atoms with van der Waals surface area (Å²) in [5, 5.41) is 11.4. The Hall–Kier alpha value is -2.41. The van der Waals surface area contributed by atoms with Crippen molar-refractivity contribution < 1.29 is 14.6 Å². The van der Waals surface area contributed by atoms with E-state index in [1.165, 1.54) is 24.7 Å². The Morgan fingerprint density at radius 3 is 2.52 bits per heavy atom. The number of aliphatic hydroxyl groups is 1. The highest BCUT2D eigenvalue weighted by molar-refractivity contribution is 7.04. The summed E-state index contributed by atoms with van der Waals surface area (Å²) in [5.74, 6) is -0.0812. The van der Waals surface area contributed by atoms with Crippen LogP contribution in [0.1, 0.15) is 48.4 Å². The van der Waals surface area contributed by atoms with Gasteiger partial charge in [0.1, 0.15) is 16.5 Å². The molecular weight excluding hydrogens is 408 g/mol. The predicted octanol–water partition coefficient (Wildman–Crippen LogP) is 4.79. The molecule has 0 bridgehead atoms. The van der Waals surface area contributed by atoms with Crippen molar-refractivity contribution in [2.75, 3.05) is 7.11 Å². The number of hydrogen-bond acceptors (Lipinski definition) is 4. The zero-order chi connectivity index (χ0) is 21.2. The highest BCUT2D eigenvalue weighted by Gasteiger charge is 2.22. The van der Waals surface area contributed by atoms with Gasteiger partial charge in [0.2, 0.25) is 0 Å². The molecular formula is C22H23ClN2O3S. The van der Waals surface area contributed by atoms with Crippen molar-refractivity contribution in [2.24, 2.45) is 4.99 Å². The summed E-state index contributed by atoms with van der Waals surface area (Å²) in [4.78, 5) is 17.2. The summed E-state index contributed by atoms with van der Waals surface area (Å²) in [7, 11) is 1.49. The van der Waals surface area contributed by atoms with E-state index in [0.717, 1.165) is 5.56 Å². The molecule has 0 aliphatic carbocycles. The van der Waals surface area contributed by atoms with Crippen molar-refractivity contribution in [3.05, 3.63) is 81.1 Å². The van der Waals surface area contributed by atoms with Crippen LogP contribution in [0, 0.1) is 0 Å². The molecule has 7 heteroatoms. The molecule has 1 aromatic heterocycles. The smallest absolute Gasteiger partial charge is 0.282 e. The van der Waals surface area contributed by atoms with Crippen LogP contribution in [0.25, 0.3) is 0 Å². The molecule has 0 saturated carbocycles. The Bertz CT molecular complexity index is 1080. The summed E-state index contributed by atoms with van der Waals surface area (Å²) in [6.45, 7) is 6.15. The first kappa shape index (κ1) is 21.3. The zero-order valence-electron chi connectivity index (χ0n) is 16.7. The maximum atomic E-state index is 12.9. The number of carbonyl (C=O) groups excluding carboxylic acids is 1. The molecule has 0 spiro atoms. The van der Waals surface area contributed by atoms with Crippen LogP contribution in [0.5, 0.6) is 5.75 Å². The molecule has 2 aromatic carbocycles. The molecule has 1 N–H and O–H groups in total. The minimum Gasteiger partial charge on any atom is -0.496 e. The Labute approximate surface area is 179 Å². The quantitative estimate of drug-likeness (QED) is 0.647. The van der Waals surface area contributed by atoms with E-state index in [-0.39, 0.29) is 11.1 Å². The monoisotopic (exact) mass is 430 g/mol. The van der Waals surface area contributed by atoms with Gasteiger partial charge in [-0.15, -0.1) is 0 Å². The first-order valence-corrected chi connectivity index (χ1v) is 10.2. The molecule has 29 heavy (non-hydrogen) atoms. The fourth-order valence-electron chi connectivity index (χ4n) is 2.77. The standard InChI is InChI=1S/C22H23ClN2O3S/c1-22(2,3)25-13-17(19(26)14-8-6-5-7-9-14)21(29-25)24-20(27)16-12-15(23)10-11-18(16)28-4/h5-13,19,26H,1-4H3/b24-21-. The molecule has 152 valence electrons. The van der Waals surface area contributed by atoms with Crippen molar-refractivity contribution >= 4 is 29.0 Å². The van der Waals surface area contributed by atoms with E-state index in [0.29, 0.717) is 21.0 Å². The highest BCUT2D eigenvalue weighted by Crippen LogP contribution is 2.26. The van der Waals surface area contributed by atoms with Crippen LogP contribution in [-0.2, 0) is 5.54 Å². The molecule has 1 atom stereocenters. The second-order valence-electron chi connectivity index (χ2n) is 7.55. The van der Waals surface area contributed by atoms with Crippen molar-refractivity contribution in [2.45, 2.75) is 32.4 Å². The molecule has 1 heterocycles. The first-order chi connectivity index (χ1) is 13.7. The van der Waals surface area contributed by atoms with E-state index < -0.39 is 12.0 Å². The van der Waals surface area contributed by atoms with Crippen LogP contribution in [-0.4, -0.2) is 22.1 Å². The average molecular weight is 431 g/mol. The molecule has 3 rings (SSSR count).